The van der Waals surface area contributed by atoms with Gasteiger partial charge in [-0.15, -0.1) is 0 Å². The minimum atomic E-state index is -5.08. The van der Waals surface area contributed by atoms with Crippen LogP contribution in [0.15, 0.2) is 37.2 Å². The Hall–Kier alpha value is -5.83. The molecule has 0 radical (unpaired) electrons. The summed E-state index contributed by atoms with van der Waals surface area (Å²) in [6.07, 6.45) is -0.997. The molecule has 1 fully saturated rings. The van der Waals surface area contributed by atoms with E-state index in [1.807, 2.05) is 28.0 Å². The van der Waals surface area contributed by atoms with Crippen molar-refractivity contribution >= 4 is 28.8 Å². The predicted molar refractivity (Wildman–Crippen MR) is 152 cm³/mol. The van der Waals surface area contributed by atoms with Crippen LogP contribution in [0.25, 0.3) is 22.3 Å². The van der Waals surface area contributed by atoms with E-state index in [0.29, 0.717) is 18.9 Å². The lowest BCUT2D eigenvalue weighted by Crippen LogP contribution is -2.26. The summed E-state index contributed by atoms with van der Waals surface area (Å²) in [5.41, 5.74) is 2.74. The molecule has 14 nitrogen and oxygen atoms in total. The number of aliphatic carboxylic acids is 2. The standard InChI is InChI=1S/C24H22FN9O.2C2HF3O2/c1-35-13-19-18(8-27)24(29-10-20(19)25)33-7-4-15(11-33)21(2-5-26)34-12-16(9-32-34)22-17-3-6-28-23(17)31-14-30-22;2*3-2(4,5)1(6)7/h3,6,9-10,12,14-15,21H,2,4,7,11,13H2,1H3,(H,28,30,31);2*(H,6,7)/t15-,21-;;/m0../s1. The fraction of sp³-hybridized carbons (Fsp3) is 0.357. The Morgan fingerprint density at radius 3 is 2.33 bits per heavy atom. The molecule has 21 heteroatoms. The number of aromatic amines is 1. The molecule has 0 spiro atoms. The lowest BCUT2D eigenvalue weighted by Gasteiger charge is -2.24. The molecule has 260 valence electrons. The van der Waals surface area contributed by atoms with Crippen molar-refractivity contribution in [1.82, 2.24) is 29.7 Å². The summed E-state index contributed by atoms with van der Waals surface area (Å²) in [4.78, 5) is 35.7. The van der Waals surface area contributed by atoms with Crippen molar-refractivity contribution < 1.29 is 55.3 Å². The van der Waals surface area contributed by atoms with Gasteiger partial charge in [-0.1, -0.05) is 0 Å². The van der Waals surface area contributed by atoms with E-state index in [4.69, 9.17) is 24.5 Å². The van der Waals surface area contributed by atoms with Gasteiger partial charge in [0, 0.05) is 55.0 Å². The Balaban J connectivity index is 0.000000392. The number of aromatic nitrogens is 6. The Morgan fingerprint density at radius 1 is 1.10 bits per heavy atom. The zero-order valence-corrected chi connectivity index (χ0v) is 25.0. The van der Waals surface area contributed by atoms with Gasteiger partial charge in [0.25, 0.3) is 0 Å². The molecule has 49 heavy (non-hydrogen) atoms. The maximum absolute atomic E-state index is 14.3. The quantitative estimate of drug-likeness (QED) is 0.226. The molecule has 1 aliphatic heterocycles. The summed E-state index contributed by atoms with van der Waals surface area (Å²) in [5, 5.41) is 39.0. The van der Waals surface area contributed by atoms with Crippen LogP contribution in [-0.2, 0) is 20.9 Å². The first-order chi connectivity index (χ1) is 23.0. The number of pyridine rings is 1. The van der Waals surface area contributed by atoms with E-state index in [9.17, 15) is 41.3 Å². The Morgan fingerprint density at radius 2 is 1.76 bits per heavy atom. The molecule has 1 saturated heterocycles. The number of anilines is 1. The van der Waals surface area contributed by atoms with Gasteiger partial charge in [-0.3, -0.25) is 4.68 Å². The van der Waals surface area contributed by atoms with E-state index >= 15 is 0 Å². The van der Waals surface area contributed by atoms with Gasteiger partial charge in [0.05, 0.1) is 43.2 Å². The summed E-state index contributed by atoms with van der Waals surface area (Å²) < 4.78 is 84.6. The highest BCUT2D eigenvalue weighted by Crippen LogP contribution is 2.35. The van der Waals surface area contributed by atoms with Crippen LogP contribution in [0.4, 0.5) is 36.6 Å². The smallest absolute Gasteiger partial charge is 0.475 e. The molecule has 3 N–H and O–H groups in total. The molecule has 0 amide bonds. The first-order valence-corrected chi connectivity index (χ1v) is 13.6. The molecule has 0 saturated carbocycles. The Labute approximate surface area is 271 Å². The minimum absolute atomic E-state index is 0.00785. The van der Waals surface area contributed by atoms with Gasteiger partial charge >= 0.3 is 24.3 Å². The number of halogens is 7. The largest absolute Gasteiger partial charge is 0.490 e. The van der Waals surface area contributed by atoms with Crippen LogP contribution < -0.4 is 4.90 Å². The van der Waals surface area contributed by atoms with Crippen molar-refractivity contribution in [3.63, 3.8) is 0 Å². The normalized spacial score (nSPS) is 14.9. The second-order valence-electron chi connectivity index (χ2n) is 10.0. The molecule has 4 aromatic rings. The first-order valence-electron chi connectivity index (χ1n) is 13.6. The lowest BCUT2D eigenvalue weighted by molar-refractivity contribution is -0.193. The summed E-state index contributed by atoms with van der Waals surface area (Å²) >= 11 is 0. The van der Waals surface area contributed by atoms with Crippen molar-refractivity contribution in [2.24, 2.45) is 5.92 Å². The van der Waals surface area contributed by atoms with Crippen LogP contribution >= 0.6 is 0 Å². The molecular formula is C28H24F7N9O5. The molecule has 0 unspecified atom stereocenters. The van der Waals surface area contributed by atoms with E-state index < -0.39 is 30.1 Å². The van der Waals surface area contributed by atoms with Crippen LogP contribution in [0.5, 0.6) is 0 Å². The third-order valence-electron chi connectivity index (χ3n) is 6.94. The van der Waals surface area contributed by atoms with Crippen molar-refractivity contribution in [3.8, 4) is 23.4 Å². The van der Waals surface area contributed by atoms with Crippen LogP contribution in [0.2, 0.25) is 0 Å². The van der Waals surface area contributed by atoms with Crippen LogP contribution in [0, 0.1) is 34.4 Å². The number of fused-ring (bicyclic) bond motifs is 1. The number of rotatable bonds is 7. The number of H-pyrrole nitrogens is 1. The van der Waals surface area contributed by atoms with E-state index in [1.165, 1.54) is 13.4 Å². The predicted octanol–water partition coefficient (Wildman–Crippen LogP) is 4.62. The number of carboxylic acid groups (broad SMARTS) is 2. The number of ether oxygens (including phenoxy) is 1. The van der Waals surface area contributed by atoms with E-state index in [2.05, 4.69) is 37.2 Å². The van der Waals surface area contributed by atoms with Crippen molar-refractivity contribution in [2.75, 3.05) is 25.1 Å². The van der Waals surface area contributed by atoms with Gasteiger partial charge in [0.1, 0.15) is 35.2 Å². The average Bonchev–Trinajstić information content (AvgIpc) is 3.82. The van der Waals surface area contributed by atoms with E-state index in [0.717, 1.165) is 34.9 Å². The third kappa shape index (κ3) is 9.38. The zero-order valence-electron chi connectivity index (χ0n) is 25.0. The van der Waals surface area contributed by atoms with Crippen LogP contribution in [0.1, 0.15) is 30.0 Å². The van der Waals surface area contributed by atoms with Crippen molar-refractivity contribution in [2.45, 2.75) is 37.8 Å². The summed E-state index contributed by atoms with van der Waals surface area (Å²) in [7, 11) is 1.46. The van der Waals surface area contributed by atoms with Crippen molar-refractivity contribution in [1.29, 1.82) is 10.5 Å². The number of nitriles is 2. The molecule has 0 aliphatic carbocycles. The molecule has 1 aliphatic rings. The van der Waals surface area contributed by atoms with Crippen LogP contribution in [-0.4, -0.2) is 84.4 Å². The highest BCUT2D eigenvalue weighted by Gasteiger charge is 2.39. The zero-order chi connectivity index (χ0) is 36.5. The van der Waals surface area contributed by atoms with Gasteiger partial charge in [0.15, 0.2) is 0 Å². The summed E-state index contributed by atoms with van der Waals surface area (Å²) in [5.74, 6) is -5.55. The van der Waals surface area contributed by atoms with Crippen molar-refractivity contribution in [3.05, 3.63) is 54.1 Å². The second-order valence-corrected chi connectivity index (χ2v) is 10.0. The maximum Gasteiger partial charge on any atom is 0.490 e. The van der Waals surface area contributed by atoms with Gasteiger partial charge in [0.2, 0.25) is 0 Å². The molecule has 5 heterocycles. The van der Waals surface area contributed by atoms with Crippen LogP contribution in [0.3, 0.4) is 0 Å². The Kier molecular flexibility index (Phi) is 12.2. The fourth-order valence-electron chi connectivity index (χ4n) is 4.76. The molecule has 0 aromatic carbocycles. The summed E-state index contributed by atoms with van der Waals surface area (Å²) in [6.45, 7) is 1.19. The number of hydrogen-bond donors (Lipinski definition) is 3. The first kappa shape index (κ1) is 37.6. The average molecular weight is 700 g/mol. The van der Waals surface area contributed by atoms with Gasteiger partial charge < -0.3 is 24.8 Å². The molecule has 4 aromatic heterocycles. The number of methoxy groups -OCH3 is 1. The second kappa shape index (κ2) is 15.8. The number of alkyl halides is 6. The SMILES string of the molecule is COCc1c(F)cnc(N2CC[C@H]([C@H](CC#N)n3cc(-c4ncnc5[nH]ccc45)cn3)C2)c1C#N.O=C(O)C(F)(F)F.O=C(O)C(F)(F)F. The van der Waals surface area contributed by atoms with Gasteiger partial charge in [-0.25, -0.2) is 28.9 Å². The number of carbonyl (C=O) groups is 2. The number of carboxylic acids is 2. The van der Waals surface area contributed by atoms with Gasteiger partial charge in [-0.05, 0) is 12.5 Å². The third-order valence-corrected chi connectivity index (χ3v) is 6.94. The maximum atomic E-state index is 14.3. The highest BCUT2D eigenvalue weighted by atomic mass is 19.4. The minimum Gasteiger partial charge on any atom is -0.475 e. The number of nitrogens with one attached hydrogen (secondary N) is 1. The number of hydrogen-bond acceptors (Lipinski definition) is 10. The Bertz CT molecular complexity index is 1840. The van der Waals surface area contributed by atoms with E-state index in [1.54, 1.807) is 6.20 Å². The lowest BCUT2D eigenvalue weighted by atomic mass is 9.96. The monoisotopic (exact) mass is 699 g/mol. The number of nitrogens with zero attached hydrogens (tertiary/aromatic N) is 8. The topological polar surface area (TPSA) is 207 Å². The molecule has 2 atom stereocenters. The van der Waals surface area contributed by atoms with Gasteiger partial charge in [-0.2, -0.15) is 42.0 Å². The summed E-state index contributed by atoms with van der Waals surface area (Å²) in [6, 6.07) is 6.12. The fourth-order valence-corrected chi connectivity index (χ4v) is 4.76. The van der Waals surface area contributed by atoms with E-state index in [-0.39, 0.29) is 36.1 Å². The highest BCUT2D eigenvalue weighted by molar-refractivity contribution is 5.90. The molecule has 5 rings (SSSR count). The molecular weight excluding hydrogens is 675 g/mol. The molecule has 0 bridgehead atoms.